The van der Waals surface area contributed by atoms with Crippen molar-refractivity contribution < 1.29 is 9.13 Å². The van der Waals surface area contributed by atoms with Gasteiger partial charge in [-0.1, -0.05) is 0 Å². The number of nitrogens with two attached hydrogens (primary N) is 1. The lowest BCUT2D eigenvalue weighted by atomic mass is 10.2. The molecule has 0 aromatic heterocycles. The molecule has 0 radical (unpaired) electrons. The SMILES string of the molecule is COc1cc(Nc2ccc(Br)c(F)c2)ccc1N. The molecule has 2 aromatic rings. The molecule has 2 rings (SSSR count). The van der Waals surface area contributed by atoms with Gasteiger partial charge in [-0.2, -0.15) is 0 Å². The molecule has 0 atom stereocenters. The Morgan fingerprint density at radius 1 is 1.17 bits per heavy atom. The molecule has 0 saturated carbocycles. The van der Waals surface area contributed by atoms with E-state index in [1.54, 1.807) is 37.4 Å². The predicted molar refractivity (Wildman–Crippen MR) is 74.8 cm³/mol. The molecule has 18 heavy (non-hydrogen) atoms. The molecular weight excluding hydrogens is 299 g/mol. The highest BCUT2D eigenvalue weighted by atomic mass is 79.9. The van der Waals surface area contributed by atoms with Gasteiger partial charge < -0.3 is 15.8 Å². The molecule has 94 valence electrons. The summed E-state index contributed by atoms with van der Waals surface area (Å²) in [6, 6.07) is 10.1. The number of benzene rings is 2. The summed E-state index contributed by atoms with van der Waals surface area (Å²) in [5.41, 5.74) is 7.71. The van der Waals surface area contributed by atoms with Crippen LogP contribution in [0.25, 0.3) is 0 Å². The van der Waals surface area contributed by atoms with E-state index >= 15 is 0 Å². The molecule has 0 saturated heterocycles. The number of hydrogen-bond donors (Lipinski definition) is 2. The second-order valence-electron chi connectivity index (χ2n) is 3.71. The first-order chi connectivity index (χ1) is 8.60. The first-order valence-electron chi connectivity index (χ1n) is 5.26. The minimum Gasteiger partial charge on any atom is -0.495 e. The van der Waals surface area contributed by atoms with Gasteiger partial charge >= 0.3 is 0 Å². The summed E-state index contributed by atoms with van der Waals surface area (Å²) in [6.45, 7) is 0. The summed E-state index contributed by atoms with van der Waals surface area (Å²) in [4.78, 5) is 0. The molecular formula is C13H12BrFN2O. The molecule has 5 heteroatoms. The molecule has 0 amide bonds. The summed E-state index contributed by atoms with van der Waals surface area (Å²) < 4.78 is 18.9. The van der Waals surface area contributed by atoms with E-state index in [0.29, 0.717) is 21.6 Å². The second kappa shape index (κ2) is 5.27. The van der Waals surface area contributed by atoms with Crippen LogP contribution in [0.5, 0.6) is 5.75 Å². The third-order valence-electron chi connectivity index (χ3n) is 2.44. The molecule has 2 aromatic carbocycles. The van der Waals surface area contributed by atoms with Crippen LogP contribution in [0.1, 0.15) is 0 Å². The van der Waals surface area contributed by atoms with E-state index in [1.165, 1.54) is 6.07 Å². The highest BCUT2D eigenvalue weighted by molar-refractivity contribution is 9.10. The van der Waals surface area contributed by atoms with Crippen LogP contribution in [0.3, 0.4) is 0 Å². The summed E-state index contributed by atoms with van der Waals surface area (Å²) >= 11 is 3.11. The Balaban J connectivity index is 2.25. The maximum atomic E-state index is 13.4. The van der Waals surface area contributed by atoms with E-state index in [-0.39, 0.29) is 5.82 Å². The van der Waals surface area contributed by atoms with Crippen LogP contribution in [0.4, 0.5) is 21.5 Å². The average Bonchev–Trinajstić information content (AvgIpc) is 2.36. The van der Waals surface area contributed by atoms with E-state index < -0.39 is 0 Å². The van der Waals surface area contributed by atoms with Crippen molar-refractivity contribution in [1.82, 2.24) is 0 Å². The van der Waals surface area contributed by atoms with Crippen LogP contribution in [-0.2, 0) is 0 Å². The van der Waals surface area contributed by atoms with Crippen LogP contribution in [0.2, 0.25) is 0 Å². The standard InChI is InChI=1S/C13H12BrFN2O/c1-18-13-7-9(3-5-12(13)16)17-8-2-4-10(14)11(15)6-8/h2-7,17H,16H2,1H3. The number of hydrogen-bond acceptors (Lipinski definition) is 3. The van der Waals surface area contributed by atoms with Crippen molar-refractivity contribution in [2.75, 3.05) is 18.2 Å². The van der Waals surface area contributed by atoms with E-state index in [0.717, 1.165) is 5.69 Å². The molecule has 0 heterocycles. The van der Waals surface area contributed by atoms with E-state index in [4.69, 9.17) is 10.5 Å². The van der Waals surface area contributed by atoms with Crippen LogP contribution >= 0.6 is 15.9 Å². The van der Waals surface area contributed by atoms with Crippen molar-refractivity contribution >= 4 is 33.0 Å². The van der Waals surface area contributed by atoms with Crippen molar-refractivity contribution in [2.45, 2.75) is 0 Å². The maximum Gasteiger partial charge on any atom is 0.143 e. The van der Waals surface area contributed by atoms with Crippen molar-refractivity contribution in [3.8, 4) is 5.75 Å². The molecule has 3 N–H and O–H groups in total. The van der Waals surface area contributed by atoms with Crippen molar-refractivity contribution in [1.29, 1.82) is 0 Å². The quantitative estimate of drug-likeness (QED) is 0.845. The largest absolute Gasteiger partial charge is 0.495 e. The topological polar surface area (TPSA) is 47.3 Å². The van der Waals surface area contributed by atoms with Gasteiger partial charge in [0, 0.05) is 17.4 Å². The molecule has 0 aliphatic heterocycles. The summed E-state index contributed by atoms with van der Waals surface area (Å²) in [5, 5.41) is 3.08. The van der Waals surface area contributed by atoms with Crippen molar-refractivity contribution in [2.24, 2.45) is 0 Å². The minimum atomic E-state index is -0.317. The Labute approximate surface area is 113 Å². The predicted octanol–water partition coefficient (Wildman–Crippen LogP) is 3.92. The summed E-state index contributed by atoms with van der Waals surface area (Å²) in [5.74, 6) is 0.264. The Morgan fingerprint density at radius 2 is 1.83 bits per heavy atom. The zero-order valence-corrected chi connectivity index (χ0v) is 11.3. The number of anilines is 3. The van der Waals surface area contributed by atoms with Crippen LogP contribution in [0.15, 0.2) is 40.9 Å². The fourth-order valence-electron chi connectivity index (χ4n) is 1.53. The second-order valence-corrected chi connectivity index (χ2v) is 4.56. The van der Waals surface area contributed by atoms with E-state index in [1.807, 2.05) is 0 Å². The van der Waals surface area contributed by atoms with E-state index in [9.17, 15) is 4.39 Å². The van der Waals surface area contributed by atoms with Gasteiger partial charge in [0.2, 0.25) is 0 Å². The number of ether oxygens (including phenoxy) is 1. The summed E-state index contributed by atoms with van der Waals surface area (Å²) in [6.07, 6.45) is 0. The smallest absolute Gasteiger partial charge is 0.143 e. The first-order valence-corrected chi connectivity index (χ1v) is 6.05. The molecule has 0 unspecified atom stereocenters. The monoisotopic (exact) mass is 310 g/mol. The number of nitrogen functional groups attached to an aromatic ring is 1. The highest BCUT2D eigenvalue weighted by Gasteiger charge is 2.03. The Morgan fingerprint density at radius 3 is 2.50 bits per heavy atom. The minimum absolute atomic E-state index is 0.317. The number of halogens is 2. The van der Waals surface area contributed by atoms with Gasteiger partial charge in [0.1, 0.15) is 11.6 Å². The van der Waals surface area contributed by atoms with Gasteiger partial charge in [0.15, 0.2) is 0 Å². The number of rotatable bonds is 3. The average molecular weight is 311 g/mol. The lowest BCUT2D eigenvalue weighted by Gasteiger charge is -2.10. The highest BCUT2D eigenvalue weighted by Crippen LogP contribution is 2.28. The van der Waals surface area contributed by atoms with Gasteiger partial charge in [-0.05, 0) is 46.3 Å². The molecule has 0 spiro atoms. The number of nitrogens with one attached hydrogen (secondary N) is 1. The third-order valence-corrected chi connectivity index (χ3v) is 3.08. The van der Waals surface area contributed by atoms with Gasteiger partial charge in [-0.25, -0.2) is 4.39 Å². The summed E-state index contributed by atoms with van der Waals surface area (Å²) in [7, 11) is 1.55. The molecule has 0 fully saturated rings. The number of methoxy groups -OCH3 is 1. The molecule has 0 aliphatic carbocycles. The Kier molecular flexibility index (Phi) is 3.72. The normalized spacial score (nSPS) is 10.2. The zero-order valence-electron chi connectivity index (χ0n) is 9.71. The fourth-order valence-corrected chi connectivity index (χ4v) is 1.78. The molecule has 3 nitrogen and oxygen atoms in total. The zero-order chi connectivity index (χ0) is 13.1. The Bertz CT molecular complexity index is 575. The Hall–Kier alpha value is -1.75. The van der Waals surface area contributed by atoms with Crippen molar-refractivity contribution in [3.63, 3.8) is 0 Å². The van der Waals surface area contributed by atoms with Gasteiger partial charge in [0.05, 0.1) is 17.3 Å². The van der Waals surface area contributed by atoms with Gasteiger partial charge in [-0.15, -0.1) is 0 Å². The van der Waals surface area contributed by atoms with Gasteiger partial charge in [-0.3, -0.25) is 0 Å². The fraction of sp³-hybridized carbons (Fsp3) is 0.0769. The third kappa shape index (κ3) is 2.73. The lowest BCUT2D eigenvalue weighted by molar-refractivity contribution is 0.417. The maximum absolute atomic E-state index is 13.4. The molecule has 0 aliphatic rings. The van der Waals surface area contributed by atoms with E-state index in [2.05, 4.69) is 21.2 Å². The molecule has 0 bridgehead atoms. The lowest BCUT2D eigenvalue weighted by Crippen LogP contribution is -1.95. The van der Waals surface area contributed by atoms with Gasteiger partial charge in [0.25, 0.3) is 0 Å². The van der Waals surface area contributed by atoms with Crippen LogP contribution in [0, 0.1) is 5.82 Å². The van der Waals surface area contributed by atoms with Crippen LogP contribution in [-0.4, -0.2) is 7.11 Å². The van der Waals surface area contributed by atoms with Crippen LogP contribution < -0.4 is 15.8 Å². The van der Waals surface area contributed by atoms with Crippen molar-refractivity contribution in [3.05, 3.63) is 46.7 Å². The first kappa shape index (κ1) is 12.7.